The molecule has 2 heterocycles. The van der Waals surface area contributed by atoms with Gasteiger partial charge in [0.05, 0.1) is 11.4 Å². The Labute approximate surface area is 99.3 Å². The van der Waals surface area contributed by atoms with Crippen molar-refractivity contribution in [3.05, 3.63) is 48.8 Å². The molecule has 2 aromatic rings. The standard InChI is InChI=1S/C10H8N2.4O.Os/c1-3-7-11-9(5-1)10-6-2-4-8-12-10;;;;;/h1-8H;;;;;. The Balaban J connectivity index is 0.000000249. The molecule has 0 spiro atoms. The summed E-state index contributed by atoms with van der Waals surface area (Å²) < 4.78 is 34.5. The van der Waals surface area contributed by atoms with E-state index in [9.17, 15) is 0 Å². The fourth-order valence-electron chi connectivity index (χ4n) is 1.03. The van der Waals surface area contributed by atoms with Crippen molar-refractivity contribution in [3.63, 3.8) is 0 Å². The van der Waals surface area contributed by atoms with Crippen LogP contribution >= 0.6 is 0 Å². The van der Waals surface area contributed by atoms with Crippen LogP contribution in [0.15, 0.2) is 48.8 Å². The van der Waals surface area contributed by atoms with Crippen molar-refractivity contribution in [1.82, 2.24) is 9.97 Å². The van der Waals surface area contributed by atoms with Crippen LogP contribution in [-0.2, 0) is 29.0 Å². The molecule has 0 aliphatic rings. The zero-order chi connectivity index (χ0) is 12.7. The second-order valence-corrected chi connectivity index (χ2v) is 5.32. The van der Waals surface area contributed by atoms with E-state index in [1.165, 1.54) is 0 Å². The molecular weight excluding hydrogens is 402 g/mol. The van der Waals surface area contributed by atoms with Crippen LogP contribution in [0.1, 0.15) is 0 Å². The van der Waals surface area contributed by atoms with E-state index in [1.54, 1.807) is 12.4 Å². The molecule has 0 aromatic carbocycles. The molecule has 0 saturated heterocycles. The SMILES string of the molecule is [O]=[Os](=[O])(=[O])=[O].c1ccc(-c2ccccn2)nc1. The first-order chi connectivity index (χ1) is 7.97. The van der Waals surface area contributed by atoms with E-state index in [0.29, 0.717) is 0 Å². The topological polar surface area (TPSA) is 94.1 Å². The quantitative estimate of drug-likeness (QED) is 0.710. The van der Waals surface area contributed by atoms with Crippen molar-refractivity contribution in [1.29, 1.82) is 0 Å². The van der Waals surface area contributed by atoms with Gasteiger partial charge in [0.25, 0.3) is 0 Å². The van der Waals surface area contributed by atoms with Crippen LogP contribution in [0.3, 0.4) is 0 Å². The van der Waals surface area contributed by atoms with Gasteiger partial charge in [-0.1, -0.05) is 12.1 Å². The van der Waals surface area contributed by atoms with Crippen LogP contribution in [0.25, 0.3) is 11.4 Å². The van der Waals surface area contributed by atoms with Gasteiger partial charge < -0.3 is 0 Å². The minimum atomic E-state index is -6.06. The molecule has 90 valence electrons. The second-order valence-electron chi connectivity index (χ2n) is 2.78. The van der Waals surface area contributed by atoms with Gasteiger partial charge in [0, 0.05) is 12.4 Å². The molecule has 0 fully saturated rings. The van der Waals surface area contributed by atoms with Crippen LogP contribution in [0.2, 0.25) is 0 Å². The van der Waals surface area contributed by atoms with Gasteiger partial charge >= 0.3 is 29.0 Å². The average Bonchev–Trinajstić information content (AvgIpc) is 2.29. The summed E-state index contributed by atoms with van der Waals surface area (Å²) in [6.45, 7) is 0. The summed E-state index contributed by atoms with van der Waals surface area (Å²) in [5.74, 6) is 0. The molecule has 7 heteroatoms. The summed E-state index contributed by atoms with van der Waals surface area (Å²) >= 11 is -6.06. The van der Waals surface area contributed by atoms with E-state index < -0.39 is 14.8 Å². The van der Waals surface area contributed by atoms with Crippen molar-refractivity contribution in [2.45, 2.75) is 0 Å². The summed E-state index contributed by atoms with van der Waals surface area (Å²) in [6, 6.07) is 11.6. The molecule has 0 unspecified atom stereocenters. The number of hydrogen-bond donors (Lipinski definition) is 0. The van der Waals surface area contributed by atoms with Crippen molar-refractivity contribution >= 4 is 0 Å². The maximum atomic E-state index is 8.63. The molecule has 0 aliphatic heterocycles. The predicted octanol–water partition coefficient (Wildman–Crippen LogP) is 1.67. The number of hydrogen-bond acceptors (Lipinski definition) is 6. The summed E-state index contributed by atoms with van der Waals surface area (Å²) in [6.07, 6.45) is 3.54. The van der Waals surface area contributed by atoms with Crippen LogP contribution in [0.5, 0.6) is 0 Å². The van der Waals surface area contributed by atoms with Crippen LogP contribution < -0.4 is 0 Å². The van der Waals surface area contributed by atoms with Gasteiger partial charge in [-0.15, -0.1) is 0 Å². The zero-order valence-electron chi connectivity index (χ0n) is 8.50. The van der Waals surface area contributed by atoms with Crippen LogP contribution in [0.4, 0.5) is 0 Å². The molecule has 6 nitrogen and oxygen atoms in total. The van der Waals surface area contributed by atoms with Gasteiger partial charge in [0.15, 0.2) is 0 Å². The van der Waals surface area contributed by atoms with Crippen molar-refractivity contribution in [3.8, 4) is 11.4 Å². The minimum absolute atomic E-state index is 0.915. The first-order valence-electron chi connectivity index (χ1n) is 4.37. The fraction of sp³-hybridized carbons (Fsp3) is 0. The Bertz CT molecular complexity index is 604. The van der Waals surface area contributed by atoms with E-state index in [2.05, 4.69) is 9.97 Å². The third-order valence-corrected chi connectivity index (χ3v) is 1.59. The van der Waals surface area contributed by atoms with Gasteiger partial charge in [-0.05, 0) is 24.3 Å². The Morgan fingerprint density at radius 2 is 1.06 bits per heavy atom. The molecule has 0 amide bonds. The normalized spacial score (nSPS) is 10.1. The first-order valence-corrected chi connectivity index (χ1v) is 8.52. The minimum Gasteiger partial charge on any atom is -0.255 e. The van der Waals surface area contributed by atoms with Gasteiger partial charge in [-0.3, -0.25) is 9.97 Å². The van der Waals surface area contributed by atoms with Gasteiger partial charge in [-0.25, -0.2) is 0 Å². The molecular formula is C10H8N2O4Os. The maximum Gasteiger partial charge on any atom is 0.0886 e. The molecule has 17 heavy (non-hydrogen) atoms. The molecule has 0 aliphatic carbocycles. The smallest absolute Gasteiger partial charge is 0.0886 e. The molecule has 0 N–H and O–H groups in total. The molecule has 2 aromatic heterocycles. The molecule has 0 saturated carbocycles. The monoisotopic (exact) mass is 412 g/mol. The van der Waals surface area contributed by atoms with E-state index in [0.717, 1.165) is 11.4 Å². The summed E-state index contributed by atoms with van der Waals surface area (Å²) in [4.78, 5) is 8.37. The average molecular weight is 410 g/mol. The first kappa shape index (κ1) is 13.2. The molecule has 0 radical (unpaired) electrons. The number of nitrogens with zero attached hydrogens (tertiary/aromatic N) is 2. The summed E-state index contributed by atoms with van der Waals surface area (Å²) in [5.41, 5.74) is 1.83. The van der Waals surface area contributed by atoms with Crippen molar-refractivity contribution < 1.29 is 29.0 Å². The Morgan fingerprint density at radius 1 is 0.706 bits per heavy atom. The predicted molar refractivity (Wildman–Crippen MR) is 50.2 cm³/mol. The van der Waals surface area contributed by atoms with E-state index >= 15 is 0 Å². The molecule has 0 bridgehead atoms. The summed E-state index contributed by atoms with van der Waals surface area (Å²) in [5, 5.41) is 0. The number of pyridine rings is 2. The van der Waals surface area contributed by atoms with Gasteiger partial charge in [0.1, 0.15) is 0 Å². The van der Waals surface area contributed by atoms with Crippen molar-refractivity contribution in [2.75, 3.05) is 0 Å². The Hall–Kier alpha value is -1.86. The fourth-order valence-corrected chi connectivity index (χ4v) is 1.03. The third kappa shape index (κ3) is 6.33. The second kappa shape index (κ2) is 6.02. The maximum absolute atomic E-state index is 8.63. The summed E-state index contributed by atoms with van der Waals surface area (Å²) in [7, 11) is 0. The Morgan fingerprint density at radius 3 is 1.29 bits per heavy atom. The zero-order valence-corrected chi connectivity index (χ0v) is 11.0. The van der Waals surface area contributed by atoms with Gasteiger partial charge in [-0.2, -0.15) is 0 Å². The van der Waals surface area contributed by atoms with E-state index in [1.807, 2.05) is 36.4 Å². The Kier molecular flexibility index (Phi) is 4.67. The molecule has 2 rings (SSSR count). The number of rotatable bonds is 1. The van der Waals surface area contributed by atoms with Gasteiger partial charge in [0.2, 0.25) is 0 Å². The molecule has 0 atom stereocenters. The van der Waals surface area contributed by atoms with Crippen molar-refractivity contribution in [2.24, 2.45) is 0 Å². The van der Waals surface area contributed by atoms with E-state index in [-0.39, 0.29) is 0 Å². The van der Waals surface area contributed by atoms with Crippen LogP contribution in [-0.4, -0.2) is 9.97 Å². The van der Waals surface area contributed by atoms with E-state index in [4.69, 9.17) is 14.2 Å². The largest absolute Gasteiger partial charge is 0.255 e. The third-order valence-electron chi connectivity index (χ3n) is 1.59. The number of aromatic nitrogens is 2. The van der Waals surface area contributed by atoms with Crippen LogP contribution in [0, 0.1) is 0 Å².